The van der Waals surface area contributed by atoms with Crippen molar-refractivity contribution in [2.24, 2.45) is 0 Å². The molecule has 0 saturated heterocycles. The first kappa shape index (κ1) is 16.9. The molecule has 0 aromatic heterocycles. The Balaban J connectivity index is 3.39. The van der Waals surface area contributed by atoms with Crippen LogP contribution in [0.3, 0.4) is 0 Å². The molecule has 0 rings (SSSR count). The first-order valence-corrected chi connectivity index (χ1v) is 7.19. The number of hydrogen-bond acceptors (Lipinski definition) is 3. The van der Waals surface area contributed by atoms with E-state index >= 15 is 0 Å². The normalized spacial score (nSPS) is 10.1. The smallest absolute Gasteiger partial charge is 0.332 e. The molecule has 0 saturated carbocycles. The number of nitrogens with one attached hydrogen (secondary N) is 1. The molecule has 0 radical (unpaired) electrons. The number of amides is 1. The van der Waals surface area contributed by atoms with Crippen molar-refractivity contribution in [1.29, 1.82) is 0 Å². The lowest BCUT2D eigenvalue weighted by Crippen LogP contribution is -2.26. The Kier molecular flexibility index (Phi) is 11.7. The quantitative estimate of drug-likeness (QED) is 0.481. The van der Waals surface area contributed by atoms with Crippen LogP contribution in [0.2, 0.25) is 0 Å². The minimum Gasteiger partial charge on any atom is -0.341 e. The van der Waals surface area contributed by atoms with Crippen LogP contribution >= 0.6 is 0 Å². The molecule has 106 valence electrons. The topological polar surface area (TPSA) is 55.4 Å². The van der Waals surface area contributed by atoms with Crippen molar-refractivity contribution in [1.82, 2.24) is 5.48 Å². The molecule has 1 amide bonds. The van der Waals surface area contributed by atoms with Gasteiger partial charge in [0.15, 0.2) is 0 Å². The van der Waals surface area contributed by atoms with Gasteiger partial charge in [0.25, 0.3) is 5.91 Å². The van der Waals surface area contributed by atoms with E-state index in [2.05, 4.69) is 19.3 Å². The van der Waals surface area contributed by atoms with Gasteiger partial charge in [0.2, 0.25) is 0 Å². The first-order chi connectivity index (χ1) is 8.70. The minimum absolute atomic E-state index is 0.201. The third-order valence-electron chi connectivity index (χ3n) is 2.77. The maximum atomic E-state index is 11.3. The fourth-order valence-corrected chi connectivity index (χ4v) is 1.62. The van der Waals surface area contributed by atoms with Crippen LogP contribution in [0.5, 0.6) is 0 Å². The van der Waals surface area contributed by atoms with Gasteiger partial charge in [-0.15, -0.1) is 0 Å². The molecule has 0 aromatic rings. The van der Waals surface area contributed by atoms with Gasteiger partial charge >= 0.3 is 5.97 Å². The average Bonchev–Trinajstić information content (AvgIpc) is 2.37. The number of unbranched alkanes of at least 4 members (excludes halogenated alkanes) is 6. The van der Waals surface area contributed by atoms with E-state index in [0.717, 1.165) is 51.4 Å². The van der Waals surface area contributed by atoms with Gasteiger partial charge in [-0.2, -0.15) is 5.48 Å². The SMILES string of the molecule is CCCCCCC(=O)NOC(=O)CCCCCC. The van der Waals surface area contributed by atoms with Gasteiger partial charge < -0.3 is 4.84 Å². The standard InChI is InChI=1S/C14H27NO3/c1-3-5-7-9-11-13(16)15-18-14(17)12-10-8-6-4-2/h3-12H2,1-2H3,(H,15,16). The Morgan fingerprint density at radius 3 is 1.94 bits per heavy atom. The van der Waals surface area contributed by atoms with E-state index < -0.39 is 0 Å². The highest BCUT2D eigenvalue weighted by Gasteiger charge is 2.06. The summed E-state index contributed by atoms with van der Waals surface area (Å²) in [5, 5.41) is 0. The molecule has 0 unspecified atom stereocenters. The molecule has 18 heavy (non-hydrogen) atoms. The van der Waals surface area contributed by atoms with Crippen molar-refractivity contribution in [2.75, 3.05) is 0 Å². The Bertz CT molecular complexity index is 205. The Morgan fingerprint density at radius 1 is 0.833 bits per heavy atom. The van der Waals surface area contributed by atoms with Crippen LogP contribution in [-0.2, 0) is 14.4 Å². The molecule has 0 fully saturated rings. The number of hydroxylamine groups is 1. The molecule has 0 spiro atoms. The molecular weight excluding hydrogens is 230 g/mol. The van der Waals surface area contributed by atoms with Crippen LogP contribution in [0.1, 0.15) is 78.1 Å². The van der Waals surface area contributed by atoms with Crippen LogP contribution in [-0.4, -0.2) is 11.9 Å². The van der Waals surface area contributed by atoms with Crippen molar-refractivity contribution in [2.45, 2.75) is 78.1 Å². The summed E-state index contributed by atoms with van der Waals surface area (Å²) >= 11 is 0. The van der Waals surface area contributed by atoms with Crippen LogP contribution < -0.4 is 5.48 Å². The van der Waals surface area contributed by atoms with Crippen molar-refractivity contribution in [3.05, 3.63) is 0 Å². The Labute approximate surface area is 110 Å². The van der Waals surface area contributed by atoms with Crippen LogP contribution in [0.15, 0.2) is 0 Å². The van der Waals surface area contributed by atoms with Crippen molar-refractivity contribution >= 4 is 11.9 Å². The lowest BCUT2D eigenvalue weighted by molar-refractivity contribution is -0.158. The van der Waals surface area contributed by atoms with Gasteiger partial charge in [0.05, 0.1) is 0 Å². The van der Waals surface area contributed by atoms with Crippen LogP contribution in [0.4, 0.5) is 0 Å². The summed E-state index contributed by atoms with van der Waals surface area (Å²) in [6.07, 6.45) is 9.16. The molecule has 0 aliphatic heterocycles. The lowest BCUT2D eigenvalue weighted by Gasteiger charge is -2.05. The van der Waals surface area contributed by atoms with Crippen molar-refractivity contribution < 1.29 is 14.4 Å². The zero-order valence-electron chi connectivity index (χ0n) is 11.8. The molecule has 0 aliphatic carbocycles. The monoisotopic (exact) mass is 257 g/mol. The summed E-state index contributed by atoms with van der Waals surface area (Å²) in [4.78, 5) is 27.3. The molecule has 0 bridgehead atoms. The third-order valence-corrected chi connectivity index (χ3v) is 2.77. The fraction of sp³-hybridized carbons (Fsp3) is 0.857. The second-order valence-electron chi connectivity index (χ2n) is 4.62. The van der Waals surface area contributed by atoms with Gasteiger partial charge in [0, 0.05) is 12.8 Å². The summed E-state index contributed by atoms with van der Waals surface area (Å²) in [5.74, 6) is -0.541. The molecule has 0 aliphatic rings. The number of rotatable bonds is 10. The minimum atomic E-state index is -0.340. The van der Waals surface area contributed by atoms with Crippen molar-refractivity contribution in [3.63, 3.8) is 0 Å². The highest BCUT2D eigenvalue weighted by molar-refractivity contribution is 5.77. The zero-order chi connectivity index (χ0) is 13.6. The van der Waals surface area contributed by atoms with Crippen LogP contribution in [0.25, 0.3) is 0 Å². The molecule has 0 atom stereocenters. The molecule has 0 aromatic carbocycles. The van der Waals surface area contributed by atoms with Gasteiger partial charge in [-0.25, -0.2) is 4.79 Å². The molecule has 4 nitrogen and oxygen atoms in total. The molecule has 0 heterocycles. The van der Waals surface area contributed by atoms with Gasteiger partial charge in [-0.3, -0.25) is 4.79 Å². The van der Waals surface area contributed by atoms with E-state index in [-0.39, 0.29) is 11.9 Å². The third kappa shape index (κ3) is 11.4. The maximum absolute atomic E-state index is 11.3. The summed E-state index contributed by atoms with van der Waals surface area (Å²) in [6, 6.07) is 0. The molecule has 4 heteroatoms. The fourth-order valence-electron chi connectivity index (χ4n) is 1.62. The summed E-state index contributed by atoms with van der Waals surface area (Å²) in [5.41, 5.74) is 2.21. The average molecular weight is 257 g/mol. The number of carbonyl (C=O) groups is 2. The van der Waals surface area contributed by atoms with Crippen molar-refractivity contribution in [3.8, 4) is 0 Å². The first-order valence-electron chi connectivity index (χ1n) is 7.19. The largest absolute Gasteiger partial charge is 0.341 e. The van der Waals surface area contributed by atoms with Gasteiger partial charge in [-0.05, 0) is 12.8 Å². The van der Waals surface area contributed by atoms with Crippen LogP contribution in [0, 0.1) is 0 Å². The van der Waals surface area contributed by atoms with Gasteiger partial charge in [0.1, 0.15) is 0 Å². The molecule has 1 N–H and O–H groups in total. The highest BCUT2D eigenvalue weighted by Crippen LogP contribution is 2.04. The van der Waals surface area contributed by atoms with E-state index in [1.165, 1.54) is 0 Å². The summed E-state index contributed by atoms with van der Waals surface area (Å²) in [6.45, 7) is 4.25. The lowest BCUT2D eigenvalue weighted by atomic mass is 10.1. The second kappa shape index (κ2) is 12.4. The van der Waals surface area contributed by atoms with Gasteiger partial charge in [-0.1, -0.05) is 52.4 Å². The predicted octanol–water partition coefficient (Wildman–Crippen LogP) is 3.50. The second-order valence-corrected chi connectivity index (χ2v) is 4.62. The summed E-state index contributed by atoms with van der Waals surface area (Å²) in [7, 11) is 0. The number of hydrogen-bond donors (Lipinski definition) is 1. The maximum Gasteiger partial charge on any atom is 0.332 e. The van der Waals surface area contributed by atoms with E-state index in [1.54, 1.807) is 0 Å². The predicted molar refractivity (Wildman–Crippen MR) is 71.8 cm³/mol. The van der Waals surface area contributed by atoms with E-state index in [0.29, 0.717) is 12.8 Å². The zero-order valence-corrected chi connectivity index (χ0v) is 11.8. The van der Waals surface area contributed by atoms with E-state index in [1.807, 2.05) is 0 Å². The van der Waals surface area contributed by atoms with E-state index in [4.69, 9.17) is 4.84 Å². The highest BCUT2D eigenvalue weighted by atomic mass is 16.7. The number of carbonyl (C=O) groups excluding carboxylic acids is 2. The molecular formula is C14H27NO3. The summed E-state index contributed by atoms with van der Waals surface area (Å²) < 4.78 is 0. The Hall–Kier alpha value is -1.06. The Morgan fingerprint density at radius 2 is 1.39 bits per heavy atom. The van der Waals surface area contributed by atoms with E-state index in [9.17, 15) is 9.59 Å².